The van der Waals surface area contributed by atoms with Crippen LogP contribution in [0.3, 0.4) is 0 Å². The van der Waals surface area contributed by atoms with Crippen LogP contribution >= 0.6 is 11.8 Å². The van der Waals surface area contributed by atoms with Gasteiger partial charge < -0.3 is 24.0 Å². The molecule has 0 bridgehead atoms. The van der Waals surface area contributed by atoms with E-state index in [1.165, 1.54) is 28.2 Å². The number of thioether (sulfide) groups is 1. The van der Waals surface area contributed by atoms with Crippen LogP contribution in [0.2, 0.25) is 0 Å². The van der Waals surface area contributed by atoms with Crippen molar-refractivity contribution in [3.63, 3.8) is 0 Å². The predicted molar refractivity (Wildman–Crippen MR) is 99.9 cm³/mol. The number of halogens is 1. The molecule has 24 heavy (non-hydrogen) atoms. The van der Waals surface area contributed by atoms with E-state index in [2.05, 4.69) is 90.3 Å². The Bertz CT molecular complexity index is 945. The minimum Gasteiger partial charge on any atom is -1.00 e. The van der Waals surface area contributed by atoms with Gasteiger partial charge in [-0.15, -0.1) is 0 Å². The second-order valence-electron chi connectivity index (χ2n) is 5.46. The van der Waals surface area contributed by atoms with Gasteiger partial charge in [-0.05, 0) is 0 Å². The van der Waals surface area contributed by atoms with Gasteiger partial charge in [-0.3, -0.25) is 0 Å². The average Bonchev–Trinajstić information content (AvgIpc) is 3.07. The topological polar surface area (TPSA) is 7.12 Å². The van der Waals surface area contributed by atoms with Gasteiger partial charge in [0.1, 0.15) is 0 Å². The second kappa shape index (κ2) is 7.65. The third kappa shape index (κ3) is 3.32. The Morgan fingerprint density at radius 3 is 2.62 bits per heavy atom. The number of benzene rings is 2. The maximum absolute atomic E-state index is 2.34. The molecule has 0 saturated heterocycles. The molecule has 0 N–H and O–H groups in total. The van der Waals surface area contributed by atoms with Crippen LogP contribution < -0.4 is 33.4 Å². The number of hydrogen-bond donors (Lipinski definition) is 0. The number of para-hydroxylation sites is 2. The van der Waals surface area contributed by atoms with E-state index in [0.29, 0.717) is 0 Å². The molecule has 0 radical (unpaired) electrons. The van der Waals surface area contributed by atoms with E-state index in [1.54, 1.807) is 0 Å². The normalized spacial score (nSPS) is 15.2. The fourth-order valence-electron chi connectivity index (χ4n) is 2.75. The first-order chi connectivity index (χ1) is 11.2. The number of rotatable bonds is 2. The van der Waals surface area contributed by atoms with Crippen LogP contribution in [0.4, 0.5) is 5.69 Å². The molecule has 1 aliphatic heterocycles. The first-order valence-electron chi connectivity index (χ1n) is 7.50. The minimum atomic E-state index is -0.257. The van der Waals surface area contributed by atoms with Gasteiger partial charge in [-0.25, -0.2) is 0 Å². The summed E-state index contributed by atoms with van der Waals surface area (Å²) in [5.41, 5.74) is 2.67. The molecule has 0 spiro atoms. The smallest absolute Gasteiger partial charge is 1.00 e. The second-order valence-corrected chi connectivity index (χ2v) is 9.55. The van der Waals surface area contributed by atoms with Gasteiger partial charge in [0.15, 0.2) is 0 Å². The van der Waals surface area contributed by atoms with Crippen LogP contribution in [-0.4, -0.2) is 27.5 Å². The quantitative estimate of drug-likeness (QED) is 0.261. The van der Waals surface area contributed by atoms with Gasteiger partial charge in [-0.2, -0.15) is 0 Å². The Labute approximate surface area is 173 Å². The largest absolute Gasteiger partial charge is 1.00 e. The van der Waals surface area contributed by atoms with E-state index in [-0.39, 0.29) is 44.4 Å². The summed E-state index contributed by atoms with van der Waals surface area (Å²) in [5.74, 6) is 0. The molecule has 5 heteroatoms. The molecule has 0 aliphatic carbocycles. The molecule has 0 saturated carbocycles. The molecule has 2 heterocycles. The van der Waals surface area contributed by atoms with Gasteiger partial charge in [-0.1, -0.05) is 0 Å². The number of nitrogens with zero attached hydrogens (tertiary/aromatic N) is 2. The van der Waals surface area contributed by atoms with Crippen LogP contribution in [0.25, 0.3) is 15.0 Å². The van der Waals surface area contributed by atoms with E-state index in [1.807, 2.05) is 11.8 Å². The van der Waals surface area contributed by atoms with Crippen molar-refractivity contribution in [3.8, 4) is 0 Å². The molecule has 2 nitrogen and oxygen atoms in total. The minimum absolute atomic E-state index is 0. The Kier molecular flexibility index (Phi) is 5.76. The van der Waals surface area contributed by atoms with Crippen molar-refractivity contribution in [2.75, 3.05) is 11.9 Å². The van der Waals surface area contributed by atoms with Gasteiger partial charge >= 0.3 is 151 Å². The van der Waals surface area contributed by atoms with Crippen molar-refractivity contribution < 1.29 is 28.5 Å². The SMILES string of the molecule is CN1/C(=C/C=C/c2[te]c3ccccc3[n+]2C)Sc2ccccc21.[I-]. The molecule has 0 atom stereocenters. The van der Waals surface area contributed by atoms with Crippen LogP contribution in [0.5, 0.6) is 0 Å². The number of anilines is 1. The predicted octanol–water partition coefficient (Wildman–Crippen LogP) is 0.822. The first kappa shape index (κ1) is 18.1. The third-order valence-corrected chi connectivity index (χ3v) is 8.59. The van der Waals surface area contributed by atoms with Gasteiger partial charge in [0.2, 0.25) is 0 Å². The van der Waals surface area contributed by atoms with Crippen molar-refractivity contribution >= 4 is 52.9 Å². The van der Waals surface area contributed by atoms with Crippen LogP contribution in [0, 0.1) is 0 Å². The van der Waals surface area contributed by atoms with E-state index < -0.39 is 0 Å². The van der Waals surface area contributed by atoms with Crippen molar-refractivity contribution in [3.05, 3.63) is 69.4 Å². The Morgan fingerprint density at radius 1 is 1.08 bits per heavy atom. The summed E-state index contributed by atoms with van der Waals surface area (Å²) in [6.45, 7) is 0. The fourth-order valence-corrected chi connectivity index (χ4v) is 6.84. The molecular weight excluding hydrogens is 543 g/mol. The maximum Gasteiger partial charge on any atom is -1.00 e. The summed E-state index contributed by atoms with van der Waals surface area (Å²) < 4.78 is 5.34. The van der Waals surface area contributed by atoms with E-state index in [4.69, 9.17) is 0 Å². The van der Waals surface area contributed by atoms with Crippen molar-refractivity contribution in [2.24, 2.45) is 7.05 Å². The zero-order chi connectivity index (χ0) is 15.8. The summed E-state index contributed by atoms with van der Waals surface area (Å²) >= 11 is 1.58. The van der Waals surface area contributed by atoms with Crippen molar-refractivity contribution in [2.45, 2.75) is 4.90 Å². The molecule has 0 amide bonds. The molecule has 0 unspecified atom stereocenters. The summed E-state index contributed by atoms with van der Waals surface area (Å²) in [5, 5.41) is 1.28. The Morgan fingerprint density at radius 2 is 1.83 bits per heavy atom. The first-order valence-corrected chi connectivity index (χ1v) is 10.7. The third-order valence-electron chi connectivity index (χ3n) is 4.02. The van der Waals surface area contributed by atoms with Gasteiger partial charge in [0, 0.05) is 0 Å². The van der Waals surface area contributed by atoms with Gasteiger partial charge in [0.05, 0.1) is 0 Å². The van der Waals surface area contributed by atoms with Crippen LogP contribution in [0.15, 0.2) is 70.6 Å². The summed E-state index contributed by atoms with van der Waals surface area (Å²) in [4.78, 5) is 3.60. The van der Waals surface area contributed by atoms with Crippen molar-refractivity contribution in [1.29, 1.82) is 0 Å². The van der Waals surface area contributed by atoms with Crippen LogP contribution in [-0.2, 0) is 7.05 Å². The molecule has 122 valence electrons. The molecular formula is C19H17IN2STe. The van der Waals surface area contributed by atoms with Crippen LogP contribution in [0.1, 0.15) is 3.71 Å². The Hall–Kier alpha value is -0.740. The van der Waals surface area contributed by atoms with Crippen molar-refractivity contribution in [1.82, 2.24) is 0 Å². The molecule has 3 aromatic rings. The Balaban J connectivity index is 0.00000169. The molecule has 0 fully saturated rings. The summed E-state index contributed by atoms with van der Waals surface area (Å²) in [7, 11) is 4.31. The number of fused-ring (bicyclic) bond motifs is 2. The fraction of sp³-hybridized carbons (Fsp3) is 0.105. The number of hydrogen-bond acceptors (Lipinski definition) is 2. The van der Waals surface area contributed by atoms with E-state index in [9.17, 15) is 0 Å². The van der Waals surface area contributed by atoms with Gasteiger partial charge in [0.25, 0.3) is 0 Å². The summed E-state index contributed by atoms with van der Waals surface area (Å²) in [6, 6.07) is 17.3. The number of aryl methyl sites for hydroxylation is 1. The summed E-state index contributed by atoms with van der Waals surface area (Å²) in [6.07, 6.45) is 6.71. The van der Waals surface area contributed by atoms with E-state index >= 15 is 0 Å². The molecule has 1 aliphatic rings. The number of aromatic nitrogens is 1. The molecule has 2 aromatic carbocycles. The zero-order valence-corrected chi connectivity index (χ0v) is 18.7. The molecule has 4 rings (SSSR count). The van der Waals surface area contributed by atoms with E-state index in [0.717, 1.165) is 0 Å². The standard InChI is InChI=1S/C19H17N2STe.HI/c1-20-14-8-3-5-10-16(14)22-18(20)12-7-13-19-21(2)15-9-4-6-11-17(15)23-19;/h3-13H,1-2H3;1H/q+1;/p-1. The zero-order valence-electron chi connectivity index (χ0n) is 13.4. The molecule has 1 aromatic heterocycles. The monoisotopic (exact) mass is 562 g/mol. The maximum atomic E-state index is 2.34. The average molecular weight is 560 g/mol. The number of allylic oxidation sites excluding steroid dienone is 2.